The maximum absolute atomic E-state index is 12.1. The highest BCUT2D eigenvalue weighted by atomic mass is 16.2. The van der Waals surface area contributed by atoms with Crippen molar-refractivity contribution in [3.05, 3.63) is 62.8 Å². The van der Waals surface area contributed by atoms with Gasteiger partial charge in [-0.15, -0.1) is 0 Å². The van der Waals surface area contributed by atoms with Crippen molar-refractivity contribution in [2.24, 2.45) is 5.92 Å². The van der Waals surface area contributed by atoms with Crippen LogP contribution in [0.2, 0.25) is 0 Å². The Labute approximate surface area is 171 Å². The second-order valence-electron chi connectivity index (χ2n) is 7.73. The van der Waals surface area contributed by atoms with E-state index in [2.05, 4.69) is 25.6 Å². The molecule has 8 nitrogen and oxygen atoms in total. The molecule has 5 rings (SSSR count). The molecule has 1 aromatic carbocycles. The second-order valence-corrected chi connectivity index (χ2v) is 7.73. The van der Waals surface area contributed by atoms with E-state index in [0.717, 1.165) is 29.4 Å². The van der Waals surface area contributed by atoms with Gasteiger partial charge in [-0.3, -0.25) is 14.6 Å². The predicted octanol–water partition coefficient (Wildman–Crippen LogP) is 2.74. The van der Waals surface area contributed by atoms with Crippen LogP contribution in [0.4, 0.5) is 23.0 Å². The van der Waals surface area contributed by atoms with E-state index in [1.165, 1.54) is 0 Å². The lowest BCUT2D eigenvalue weighted by Crippen LogP contribution is -2.37. The molecular formula is C22H20N6O2. The molecule has 1 fully saturated rings. The summed E-state index contributed by atoms with van der Waals surface area (Å²) >= 11 is 0. The molecule has 0 saturated heterocycles. The topological polar surface area (TPSA) is 123 Å². The van der Waals surface area contributed by atoms with Gasteiger partial charge in [0.15, 0.2) is 0 Å². The predicted molar refractivity (Wildman–Crippen MR) is 118 cm³/mol. The van der Waals surface area contributed by atoms with E-state index in [0.29, 0.717) is 40.9 Å². The number of anilines is 4. The number of aryl methyl sites for hydroxylation is 1. The zero-order chi connectivity index (χ0) is 20.8. The molecule has 3 aromatic heterocycles. The third-order valence-electron chi connectivity index (χ3n) is 5.49. The van der Waals surface area contributed by atoms with Gasteiger partial charge in [0.05, 0.1) is 5.69 Å². The van der Waals surface area contributed by atoms with Crippen LogP contribution < -0.4 is 27.2 Å². The van der Waals surface area contributed by atoms with Crippen LogP contribution in [0.5, 0.6) is 0 Å². The minimum Gasteiger partial charge on any atom is -0.383 e. The van der Waals surface area contributed by atoms with Gasteiger partial charge in [0.25, 0.3) is 10.9 Å². The largest absolute Gasteiger partial charge is 0.383 e. The number of nitrogen functional groups attached to an aromatic ring is 1. The molecule has 0 unspecified atom stereocenters. The third kappa shape index (κ3) is 3.16. The molecule has 150 valence electrons. The summed E-state index contributed by atoms with van der Waals surface area (Å²) in [6.45, 7) is 2.70. The molecule has 1 saturated carbocycles. The van der Waals surface area contributed by atoms with Gasteiger partial charge in [-0.2, -0.15) is 0 Å². The van der Waals surface area contributed by atoms with Gasteiger partial charge in [0.2, 0.25) is 0 Å². The Balaban J connectivity index is 1.49. The number of aromatic nitrogens is 3. The minimum absolute atomic E-state index is 0.262. The number of nitrogens with one attached hydrogen (secondary N) is 2. The average Bonchev–Trinajstić information content (AvgIpc) is 3.57. The van der Waals surface area contributed by atoms with E-state index < -0.39 is 10.9 Å². The van der Waals surface area contributed by atoms with Gasteiger partial charge in [0, 0.05) is 36.1 Å². The summed E-state index contributed by atoms with van der Waals surface area (Å²) in [7, 11) is 0. The molecule has 4 N–H and O–H groups in total. The molecule has 4 aromatic rings. The van der Waals surface area contributed by atoms with Gasteiger partial charge in [-0.25, -0.2) is 9.97 Å². The summed E-state index contributed by atoms with van der Waals surface area (Å²) in [4.78, 5) is 37.0. The lowest BCUT2D eigenvalue weighted by Gasteiger charge is -2.15. The second kappa shape index (κ2) is 6.91. The Hall–Kier alpha value is -3.81. The molecule has 0 bridgehead atoms. The van der Waals surface area contributed by atoms with Crippen LogP contribution in [0.1, 0.15) is 18.4 Å². The number of rotatable bonds is 6. The molecular weight excluding hydrogens is 380 g/mol. The van der Waals surface area contributed by atoms with E-state index in [-0.39, 0.29) is 5.69 Å². The van der Waals surface area contributed by atoms with Crippen molar-refractivity contribution >= 4 is 33.8 Å². The molecule has 0 amide bonds. The molecule has 0 spiro atoms. The Morgan fingerprint density at radius 2 is 1.93 bits per heavy atom. The quantitative estimate of drug-likeness (QED) is 0.422. The van der Waals surface area contributed by atoms with E-state index >= 15 is 0 Å². The zero-order valence-electron chi connectivity index (χ0n) is 16.4. The van der Waals surface area contributed by atoms with Crippen LogP contribution in [-0.2, 0) is 0 Å². The molecule has 8 heteroatoms. The van der Waals surface area contributed by atoms with E-state index in [9.17, 15) is 9.59 Å². The average molecular weight is 400 g/mol. The number of hydrogen-bond donors (Lipinski definition) is 3. The number of hydrogen-bond acceptors (Lipinski definition) is 8. The lowest BCUT2D eigenvalue weighted by atomic mass is 10.1. The number of nitrogens with two attached hydrogens (primary N) is 1. The van der Waals surface area contributed by atoms with Crippen molar-refractivity contribution in [3.63, 3.8) is 0 Å². The standard InChI is InChI=1S/C22H20N6O2/c1-11-4-5-24-9-14(11)16-6-13-7-17(25-10-15(13)22(23)27-16)28-19-18(20(29)21(19)30)26-8-12-2-3-12/h4-7,9-10,12,26H,2-3,8H2,1H3,(H2,23,27)(H,25,28). The molecule has 0 atom stereocenters. The van der Waals surface area contributed by atoms with Crippen LogP contribution >= 0.6 is 0 Å². The summed E-state index contributed by atoms with van der Waals surface area (Å²) in [5.74, 6) is 1.42. The first-order valence-corrected chi connectivity index (χ1v) is 9.82. The Bertz CT molecular complexity index is 1350. The van der Waals surface area contributed by atoms with Crippen molar-refractivity contribution in [3.8, 4) is 11.3 Å². The Morgan fingerprint density at radius 3 is 2.70 bits per heavy atom. The molecule has 1 aliphatic rings. The van der Waals surface area contributed by atoms with E-state index in [4.69, 9.17) is 5.73 Å². The van der Waals surface area contributed by atoms with Crippen molar-refractivity contribution in [1.82, 2.24) is 15.0 Å². The summed E-state index contributed by atoms with van der Waals surface area (Å²) in [6, 6.07) is 5.62. The smallest absolute Gasteiger partial charge is 0.253 e. The lowest BCUT2D eigenvalue weighted by molar-refractivity contribution is 0.886. The van der Waals surface area contributed by atoms with Crippen molar-refractivity contribution in [1.29, 1.82) is 0 Å². The first-order valence-electron chi connectivity index (χ1n) is 9.82. The monoisotopic (exact) mass is 400 g/mol. The fourth-order valence-corrected chi connectivity index (χ4v) is 3.49. The third-order valence-corrected chi connectivity index (χ3v) is 5.49. The number of fused-ring (bicyclic) bond motifs is 1. The summed E-state index contributed by atoms with van der Waals surface area (Å²) in [6.07, 6.45) is 7.42. The number of nitrogens with zero attached hydrogens (tertiary/aromatic N) is 3. The zero-order valence-corrected chi connectivity index (χ0v) is 16.4. The van der Waals surface area contributed by atoms with Gasteiger partial charge < -0.3 is 16.4 Å². The fraction of sp³-hybridized carbons (Fsp3) is 0.227. The van der Waals surface area contributed by atoms with Crippen LogP contribution in [0.25, 0.3) is 22.0 Å². The van der Waals surface area contributed by atoms with Crippen molar-refractivity contribution < 1.29 is 0 Å². The van der Waals surface area contributed by atoms with Crippen LogP contribution in [0.3, 0.4) is 0 Å². The molecule has 0 aliphatic heterocycles. The molecule has 1 aliphatic carbocycles. The summed E-state index contributed by atoms with van der Waals surface area (Å²) in [5.41, 5.74) is 8.39. The first-order chi connectivity index (χ1) is 14.5. The van der Waals surface area contributed by atoms with Crippen LogP contribution in [-0.4, -0.2) is 21.5 Å². The van der Waals surface area contributed by atoms with Gasteiger partial charge in [-0.05, 0) is 54.8 Å². The molecule has 30 heavy (non-hydrogen) atoms. The summed E-state index contributed by atoms with van der Waals surface area (Å²) in [5, 5.41) is 7.63. The Kier molecular flexibility index (Phi) is 4.20. The van der Waals surface area contributed by atoms with E-state index in [1.54, 1.807) is 24.7 Å². The van der Waals surface area contributed by atoms with Crippen molar-refractivity contribution in [2.75, 3.05) is 22.9 Å². The highest BCUT2D eigenvalue weighted by molar-refractivity contribution is 5.95. The van der Waals surface area contributed by atoms with Gasteiger partial charge >= 0.3 is 0 Å². The van der Waals surface area contributed by atoms with Crippen molar-refractivity contribution in [2.45, 2.75) is 19.8 Å². The first kappa shape index (κ1) is 18.2. The van der Waals surface area contributed by atoms with Crippen LogP contribution in [0.15, 0.2) is 46.4 Å². The van der Waals surface area contributed by atoms with Gasteiger partial charge in [0.1, 0.15) is 23.0 Å². The van der Waals surface area contributed by atoms with Crippen LogP contribution in [0, 0.1) is 12.8 Å². The number of pyridine rings is 3. The minimum atomic E-state index is -0.531. The SMILES string of the molecule is Cc1ccncc1-c1cc2cc(Nc3c(NCC4CC4)c(=O)c3=O)ncc2c(N)n1. The molecule has 3 heterocycles. The van der Waals surface area contributed by atoms with Gasteiger partial charge in [-0.1, -0.05) is 0 Å². The molecule has 0 radical (unpaired) electrons. The maximum Gasteiger partial charge on any atom is 0.253 e. The maximum atomic E-state index is 12.1. The Morgan fingerprint density at radius 1 is 1.13 bits per heavy atom. The fourth-order valence-electron chi connectivity index (χ4n) is 3.49. The highest BCUT2D eigenvalue weighted by Gasteiger charge is 2.25. The highest BCUT2D eigenvalue weighted by Crippen LogP contribution is 2.31. The summed E-state index contributed by atoms with van der Waals surface area (Å²) < 4.78 is 0. The van der Waals surface area contributed by atoms with E-state index in [1.807, 2.05) is 19.1 Å². The normalized spacial score (nSPS) is 13.6.